The molecule has 0 radical (unpaired) electrons. The van der Waals surface area contributed by atoms with E-state index in [1.165, 1.54) is 0 Å². The van der Waals surface area contributed by atoms with Gasteiger partial charge in [-0.3, -0.25) is 0 Å². The largest absolute Gasteiger partial charge is 0.338 e. The molecule has 102 valence electrons. The van der Waals surface area contributed by atoms with Crippen LogP contribution in [-0.4, -0.2) is 10.1 Å². The second-order valence-corrected chi connectivity index (χ2v) is 5.59. The maximum atomic E-state index is 6.08. The number of hydrogen-bond donors (Lipinski definition) is 1. The van der Waals surface area contributed by atoms with Gasteiger partial charge in [0.2, 0.25) is 5.89 Å². The van der Waals surface area contributed by atoms with E-state index in [0.29, 0.717) is 17.5 Å². The van der Waals surface area contributed by atoms with Gasteiger partial charge in [0.05, 0.1) is 16.8 Å². The van der Waals surface area contributed by atoms with Gasteiger partial charge < -0.3 is 10.3 Å². The van der Waals surface area contributed by atoms with Gasteiger partial charge in [-0.2, -0.15) is 4.98 Å². The molecule has 0 unspecified atom stereocenters. The summed E-state index contributed by atoms with van der Waals surface area (Å²) >= 11 is 7.66. The van der Waals surface area contributed by atoms with E-state index in [1.807, 2.05) is 24.3 Å². The first-order valence-electron chi connectivity index (χ1n) is 6.16. The second kappa shape index (κ2) is 6.93. The quantitative estimate of drug-likeness (QED) is 0.821. The van der Waals surface area contributed by atoms with Gasteiger partial charge in [-0.25, -0.2) is 0 Å². The summed E-state index contributed by atoms with van der Waals surface area (Å²) in [4.78, 5) is 5.31. The number of halogens is 1. The fourth-order valence-electron chi connectivity index (χ4n) is 1.62. The highest BCUT2D eigenvalue weighted by Crippen LogP contribution is 2.28. The molecule has 19 heavy (non-hydrogen) atoms. The average Bonchev–Trinajstić information content (AvgIpc) is 2.87. The Labute approximate surface area is 121 Å². The van der Waals surface area contributed by atoms with Crippen LogP contribution in [0.5, 0.6) is 0 Å². The van der Waals surface area contributed by atoms with E-state index in [2.05, 4.69) is 17.1 Å². The molecule has 0 aliphatic carbocycles. The molecule has 0 amide bonds. The fraction of sp³-hybridized carbons (Fsp3) is 0.385. The summed E-state index contributed by atoms with van der Waals surface area (Å²) in [6.45, 7) is 2.07. The summed E-state index contributed by atoms with van der Waals surface area (Å²) in [5.41, 5.74) is 5.93. The molecule has 0 saturated heterocycles. The van der Waals surface area contributed by atoms with Crippen molar-refractivity contribution in [2.45, 2.75) is 36.5 Å². The zero-order valence-corrected chi connectivity index (χ0v) is 12.2. The molecule has 6 heteroatoms. The van der Waals surface area contributed by atoms with Crippen molar-refractivity contribution in [3.8, 4) is 0 Å². The Morgan fingerprint density at radius 2 is 2.21 bits per heavy atom. The van der Waals surface area contributed by atoms with Crippen molar-refractivity contribution in [2.24, 2.45) is 5.73 Å². The lowest BCUT2D eigenvalue weighted by Gasteiger charge is -2.02. The molecule has 0 fully saturated rings. The van der Waals surface area contributed by atoms with E-state index in [9.17, 15) is 0 Å². The lowest BCUT2D eigenvalue weighted by molar-refractivity contribution is 0.345. The van der Waals surface area contributed by atoms with E-state index in [4.69, 9.17) is 21.9 Å². The highest BCUT2D eigenvalue weighted by atomic mass is 35.5. The lowest BCUT2D eigenvalue weighted by atomic mass is 10.2. The number of rotatable bonds is 6. The van der Waals surface area contributed by atoms with Crippen LogP contribution >= 0.6 is 23.4 Å². The summed E-state index contributed by atoms with van der Waals surface area (Å²) in [6.07, 6.45) is 1.84. The zero-order valence-electron chi connectivity index (χ0n) is 10.7. The molecule has 0 bridgehead atoms. The normalized spacial score (nSPS) is 12.6. The minimum atomic E-state index is -0.170. The molecule has 0 saturated carbocycles. The summed E-state index contributed by atoms with van der Waals surface area (Å²) in [6, 6.07) is 7.52. The standard InChI is InChI=1S/C13H16ClN3OS/c1-2-5-10(15)13-16-12(17-18-13)8-19-11-7-4-3-6-9(11)14/h3-4,6-7,10H,2,5,8,15H2,1H3/t10-/m1/s1. The minimum Gasteiger partial charge on any atom is -0.338 e. The third kappa shape index (κ3) is 3.96. The lowest BCUT2D eigenvalue weighted by Crippen LogP contribution is -2.10. The molecule has 1 atom stereocenters. The molecule has 0 aliphatic rings. The summed E-state index contributed by atoms with van der Waals surface area (Å²) in [5.74, 6) is 1.77. The van der Waals surface area contributed by atoms with E-state index in [1.54, 1.807) is 11.8 Å². The van der Waals surface area contributed by atoms with Crippen LogP contribution in [0.4, 0.5) is 0 Å². The highest BCUT2D eigenvalue weighted by Gasteiger charge is 2.14. The van der Waals surface area contributed by atoms with Crippen LogP contribution < -0.4 is 5.73 Å². The van der Waals surface area contributed by atoms with Crippen LogP contribution in [-0.2, 0) is 5.75 Å². The fourth-order valence-corrected chi connectivity index (χ4v) is 2.70. The maximum Gasteiger partial charge on any atom is 0.243 e. The molecule has 2 aromatic rings. The molecule has 0 spiro atoms. The number of aromatic nitrogens is 2. The molecule has 1 aromatic carbocycles. The monoisotopic (exact) mass is 297 g/mol. The Kier molecular flexibility index (Phi) is 5.24. The van der Waals surface area contributed by atoms with Crippen LogP contribution in [0.3, 0.4) is 0 Å². The van der Waals surface area contributed by atoms with Gasteiger partial charge in [-0.05, 0) is 18.6 Å². The van der Waals surface area contributed by atoms with Crippen molar-refractivity contribution in [1.29, 1.82) is 0 Å². The molecule has 4 nitrogen and oxygen atoms in total. The van der Waals surface area contributed by atoms with Crippen molar-refractivity contribution < 1.29 is 4.52 Å². The second-order valence-electron chi connectivity index (χ2n) is 4.16. The predicted octanol–water partition coefficient (Wildman–Crippen LogP) is 3.82. The van der Waals surface area contributed by atoms with Gasteiger partial charge in [0.1, 0.15) is 0 Å². The van der Waals surface area contributed by atoms with Gasteiger partial charge in [-0.1, -0.05) is 42.2 Å². The van der Waals surface area contributed by atoms with Crippen LogP contribution in [0, 0.1) is 0 Å². The first-order valence-corrected chi connectivity index (χ1v) is 7.52. The molecule has 0 aliphatic heterocycles. The molecular weight excluding hydrogens is 282 g/mol. The number of benzene rings is 1. The van der Waals surface area contributed by atoms with Gasteiger partial charge in [0.15, 0.2) is 5.82 Å². The number of nitrogens with zero attached hydrogens (tertiary/aromatic N) is 2. The van der Waals surface area contributed by atoms with E-state index in [-0.39, 0.29) is 6.04 Å². The average molecular weight is 298 g/mol. The Hall–Kier alpha value is -1.04. The van der Waals surface area contributed by atoms with Crippen LogP contribution in [0.1, 0.15) is 37.5 Å². The number of nitrogens with two attached hydrogens (primary N) is 1. The van der Waals surface area contributed by atoms with Crippen molar-refractivity contribution in [3.63, 3.8) is 0 Å². The van der Waals surface area contributed by atoms with Gasteiger partial charge >= 0.3 is 0 Å². The molecule has 2 rings (SSSR count). The SMILES string of the molecule is CCC[C@@H](N)c1nc(CSc2ccccc2Cl)no1. The number of hydrogen-bond acceptors (Lipinski definition) is 5. The van der Waals surface area contributed by atoms with Gasteiger partial charge in [0.25, 0.3) is 0 Å². The van der Waals surface area contributed by atoms with E-state index in [0.717, 1.165) is 22.8 Å². The summed E-state index contributed by atoms with van der Waals surface area (Å²) < 4.78 is 5.17. The molecule has 1 heterocycles. The molecule has 1 aromatic heterocycles. The highest BCUT2D eigenvalue weighted by molar-refractivity contribution is 7.98. The molecule has 2 N–H and O–H groups in total. The third-order valence-corrected chi connectivity index (χ3v) is 4.11. The maximum absolute atomic E-state index is 6.08. The zero-order chi connectivity index (χ0) is 13.7. The Bertz CT molecular complexity index is 532. The van der Waals surface area contributed by atoms with E-state index < -0.39 is 0 Å². The molecular formula is C13H16ClN3OS. The Morgan fingerprint density at radius 1 is 1.42 bits per heavy atom. The summed E-state index contributed by atoms with van der Waals surface area (Å²) in [5, 5.41) is 4.67. The van der Waals surface area contributed by atoms with Gasteiger partial charge in [0, 0.05) is 4.90 Å². The number of thioether (sulfide) groups is 1. The topological polar surface area (TPSA) is 64.9 Å². The Morgan fingerprint density at radius 3 is 2.95 bits per heavy atom. The van der Waals surface area contributed by atoms with Gasteiger partial charge in [-0.15, -0.1) is 11.8 Å². The smallest absolute Gasteiger partial charge is 0.243 e. The van der Waals surface area contributed by atoms with Crippen molar-refractivity contribution in [2.75, 3.05) is 0 Å². The van der Waals surface area contributed by atoms with Crippen molar-refractivity contribution >= 4 is 23.4 Å². The minimum absolute atomic E-state index is 0.170. The van der Waals surface area contributed by atoms with Crippen LogP contribution in [0.2, 0.25) is 5.02 Å². The van der Waals surface area contributed by atoms with Crippen LogP contribution in [0.25, 0.3) is 0 Å². The third-order valence-electron chi connectivity index (χ3n) is 2.59. The van der Waals surface area contributed by atoms with Crippen molar-refractivity contribution in [1.82, 2.24) is 10.1 Å². The Balaban J connectivity index is 1.95. The predicted molar refractivity (Wildman–Crippen MR) is 77.1 cm³/mol. The summed E-state index contributed by atoms with van der Waals surface area (Å²) in [7, 11) is 0. The van der Waals surface area contributed by atoms with Crippen molar-refractivity contribution in [3.05, 3.63) is 41.0 Å². The first-order chi connectivity index (χ1) is 9.20. The first kappa shape index (κ1) is 14.4. The van der Waals surface area contributed by atoms with E-state index >= 15 is 0 Å². The van der Waals surface area contributed by atoms with Crippen LogP contribution in [0.15, 0.2) is 33.7 Å².